The van der Waals surface area contributed by atoms with Crippen molar-refractivity contribution in [3.63, 3.8) is 0 Å². The highest BCUT2D eigenvalue weighted by Gasteiger charge is 2.15. The van der Waals surface area contributed by atoms with Crippen LogP contribution in [0.15, 0.2) is 72.9 Å². The summed E-state index contributed by atoms with van der Waals surface area (Å²) in [4.78, 5) is 21.7. The molecule has 1 N–H and O–H groups in total. The van der Waals surface area contributed by atoms with E-state index in [1.807, 2.05) is 78.2 Å². The van der Waals surface area contributed by atoms with Crippen LogP contribution in [0.3, 0.4) is 0 Å². The van der Waals surface area contributed by atoms with Crippen LogP contribution in [0, 0.1) is 6.92 Å². The molecule has 1 amide bonds. The van der Waals surface area contributed by atoms with E-state index in [1.165, 1.54) is 0 Å². The Bertz CT molecular complexity index is 1070. The SMILES string of the molecule is Cc1cccc(NC(=O)Cn2c(-c3ccccn3)nc3ccccc32)c1. The van der Waals surface area contributed by atoms with Gasteiger partial charge in [-0.1, -0.05) is 30.3 Å². The van der Waals surface area contributed by atoms with Crippen molar-refractivity contribution < 1.29 is 4.79 Å². The number of hydrogen-bond donors (Lipinski definition) is 1. The highest BCUT2D eigenvalue weighted by atomic mass is 16.1. The van der Waals surface area contributed by atoms with Crippen molar-refractivity contribution in [2.24, 2.45) is 0 Å². The zero-order valence-electron chi connectivity index (χ0n) is 14.4. The van der Waals surface area contributed by atoms with E-state index < -0.39 is 0 Å². The molecule has 0 radical (unpaired) electrons. The second kappa shape index (κ2) is 6.80. The van der Waals surface area contributed by atoms with E-state index in [0.717, 1.165) is 28.0 Å². The Labute approximate surface area is 151 Å². The fourth-order valence-electron chi connectivity index (χ4n) is 2.99. The van der Waals surface area contributed by atoms with E-state index in [9.17, 15) is 4.79 Å². The summed E-state index contributed by atoms with van der Waals surface area (Å²) in [6.45, 7) is 2.17. The van der Waals surface area contributed by atoms with Gasteiger partial charge in [-0.3, -0.25) is 9.78 Å². The molecule has 2 aromatic carbocycles. The highest BCUT2D eigenvalue weighted by molar-refractivity contribution is 5.92. The lowest BCUT2D eigenvalue weighted by Gasteiger charge is -2.10. The third-order valence-corrected chi connectivity index (χ3v) is 4.15. The average molecular weight is 342 g/mol. The number of nitrogens with one attached hydrogen (secondary N) is 1. The number of imidazole rings is 1. The van der Waals surface area contributed by atoms with Crippen LogP contribution in [0.2, 0.25) is 0 Å². The smallest absolute Gasteiger partial charge is 0.244 e. The van der Waals surface area contributed by atoms with Crippen LogP contribution in [0.25, 0.3) is 22.6 Å². The number of pyridine rings is 1. The van der Waals surface area contributed by atoms with Gasteiger partial charge in [-0.15, -0.1) is 0 Å². The summed E-state index contributed by atoms with van der Waals surface area (Å²) in [7, 11) is 0. The molecule has 2 heterocycles. The Hall–Kier alpha value is -3.47. The maximum Gasteiger partial charge on any atom is 0.244 e. The van der Waals surface area contributed by atoms with Crippen LogP contribution in [0.5, 0.6) is 0 Å². The van der Waals surface area contributed by atoms with Crippen molar-refractivity contribution in [1.82, 2.24) is 14.5 Å². The fourth-order valence-corrected chi connectivity index (χ4v) is 2.99. The lowest BCUT2D eigenvalue weighted by atomic mass is 10.2. The summed E-state index contributed by atoms with van der Waals surface area (Å²) in [5.74, 6) is 0.585. The number of hydrogen-bond acceptors (Lipinski definition) is 3. The summed E-state index contributed by atoms with van der Waals surface area (Å²) >= 11 is 0. The van der Waals surface area contributed by atoms with E-state index in [1.54, 1.807) is 6.20 Å². The van der Waals surface area contributed by atoms with Crippen molar-refractivity contribution in [3.8, 4) is 11.5 Å². The lowest BCUT2D eigenvalue weighted by molar-refractivity contribution is -0.116. The van der Waals surface area contributed by atoms with Gasteiger partial charge in [0, 0.05) is 11.9 Å². The number of amides is 1. The number of aromatic nitrogens is 3. The van der Waals surface area contributed by atoms with Gasteiger partial charge < -0.3 is 9.88 Å². The topological polar surface area (TPSA) is 59.8 Å². The Morgan fingerprint density at radius 1 is 1.04 bits per heavy atom. The predicted molar refractivity (Wildman–Crippen MR) is 103 cm³/mol. The molecular formula is C21H18N4O. The second-order valence-electron chi connectivity index (χ2n) is 6.14. The van der Waals surface area contributed by atoms with Crippen molar-refractivity contribution >= 4 is 22.6 Å². The molecule has 0 saturated carbocycles. The Morgan fingerprint density at radius 3 is 2.69 bits per heavy atom. The van der Waals surface area contributed by atoms with Crippen molar-refractivity contribution in [2.45, 2.75) is 13.5 Å². The van der Waals surface area contributed by atoms with Crippen LogP contribution in [-0.4, -0.2) is 20.4 Å². The molecule has 0 atom stereocenters. The average Bonchev–Trinajstić information content (AvgIpc) is 3.01. The molecule has 0 aliphatic rings. The summed E-state index contributed by atoms with van der Waals surface area (Å²) < 4.78 is 1.91. The monoisotopic (exact) mass is 342 g/mol. The zero-order chi connectivity index (χ0) is 17.9. The number of aryl methyl sites for hydroxylation is 1. The zero-order valence-corrected chi connectivity index (χ0v) is 14.4. The van der Waals surface area contributed by atoms with Crippen LogP contribution in [-0.2, 0) is 11.3 Å². The standard InChI is InChI=1S/C21H18N4O/c1-15-7-6-8-16(13-15)23-20(26)14-25-19-11-3-2-9-17(19)24-21(25)18-10-4-5-12-22-18/h2-13H,14H2,1H3,(H,23,26). The van der Waals surface area contributed by atoms with E-state index in [0.29, 0.717) is 5.82 Å². The van der Waals surface area contributed by atoms with Crippen molar-refractivity contribution in [2.75, 3.05) is 5.32 Å². The largest absolute Gasteiger partial charge is 0.325 e. The van der Waals surface area contributed by atoms with Gasteiger partial charge >= 0.3 is 0 Å². The minimum Gasteiger partial charge on any atom is -0.325 e. The maximum absolute atomic E-state index is 12.6. The molecule has 128 valence electrons. The molecule has 2 aromatic heterocycles. The molecule has 0 unspecified atom stereocenters. The molecule has 4 aromatic rings. The highest BCUT2D eigenvalue weighted by Crippen LogP contribution is 2.23. The van der Waals surface area contributed by atoms with Crippen LogP contribution in [0.4, 0.5) is 5.69 Å². The third-order valence-electron chi connectivity index (χ3n) is 4.15. The predicted octanol–water partition coefficient (Wildman–Crippen LogP) is 4.05. The molecule has 0 saturated heterocycles. The molecular weight excluding hydrogens is 324 g/mol. The maximum atomic E-state index is 12.6. The summed E-state index contributed by atoms with van der Waals surface area (Å²) in [6, 6.07) is 21.2. The Balaban J connectivity index is 1.70. The van der Waals surface area contributed by atoms with Gasteiger partial charge in [0.25, 0.3) is 0 Å². The van der Waals surface area contributed by atoms with Gasteiger partial charge in [-0.2, -0.15) is 0 Å². The van der Waals surface area contributed by atoms with Gasteiger partial charge in [-0.05, 0) is 48.9 Å². The van der Waals surface area contributed by atoms with E-state index in [4.69, 9.17) is 0 Å². The normalized spacial score (nSPS) is 10.8. The molecule has 0 bridgehead atoms. The third kappa shape index (κ3) is 3.19. The van der Waals surface area contributed by atoms with Crippen LogP contribution < -0.4 is 5.32 Å². The van der Waals surface area contributed by atoms with E-state index in [-0.39, 0.29) is 12.5 Å². The van der Waals surface area contributed by atoms with Gasteiger partial charge in [-0.25, -0.2) is 4.98 Å². The minimum absolute atomic E-state index is 0.101. The molecule has 0 fully saturated rings. The number of para-hydroxylation sites is 2. The first kappa shape index (κ1) is 16.0. The molecule has 5 heteroatoms. The van der Waals surface area contributed by atoms with Gasteiger partial charge in [0.05, 0.1) is 11.0 Å². The van der Waals surface area contributed by atoms with Crippen LogP contribution in [0.1, 0.15) is 5.56 Å². The number of nitrogens with zero attached hydrogens (tertiary/aromatic N) is 3. The summed E-state index contributed by atoms with van der Waals surface area (Å²) in [6.07, 6.45) is 1.73. The minimum atomic E-state index is -0.101. The van der Waals surface area contributed by atoms with Gasteiger partial charge in [0.2, 0.25) is 5.91 Å². The molecule has 4 rings (SSSR count). The number of benzene rings is 2. The van der Waals surface area contributed by atoms with E-state index >= 15 is 0 Å². The van der Waals surface area contributed by atoms with E-state index in [2.05, 4.69) is 15.3 Å². The first-order valence-electron chi connectivity index (χ1n) is 8.44. The molecule has 0 spiro atoms. The number of carbonyl (C=O) groups excluding carboxylic acids is 1. The Morgan fingerprint density at radius 2 is 1.88 bits per heavy atom. The second-order valence-corrected chi connectivity index (χ2v) is 6.14. The number of fused-ring (bicyclic) bond motifs is 1. The summed E-state index contributed by atoms with van der Waals surface area (Å²) in [5.41, 5.74) is 4.39. The summed E-state index contributed by atoms with van der Waals surface area (Å²) in [5, 5.41) is 2.96. The van der Waals surface area contributed by atoms with Crippen molar-refractivity contribution in [1.29, 1.82) is 0 Å². The van der Waals surface area contributed by atoms with Crippen molar-refractivity contribution in [3.05, 3.63) is 78.5 Å². The quantitative estimate of drug-likeness (QED) is 0.609. The van der Waals surface area contributed by atoms with Gasteiger partial charge in [0.15, 0.2) is 5.82 Å². The number of carbonyl (C=O) groups is 1. The molecule has 0 aliphatic heterocycles. The molecule has 26 heavy (non-hydrogen) atoms. The van der Waals surface area contributed by atoms with Crippen LogP contribution >= 0.6 is 0 Å². The molecule has 0 aliphatic carbocycles. The first-order chi connectivity index (χ1) is 12.7. The number of anilines is 1. The van der Waals surface area contributed by atoms with Gasteiger partial charge in [0.1, 0.15) is 12.2 Å². The molecule has 5 nitrogen and oxygen atoms in total. The number of rotatable bonds is 4. The fraction of sp³-hybridized carbons (Fsp3) is 0.0952. The lowest BCUT2D eigenvalue weighted by Crippen LogP contribution is -2.19. The Kier molecular flexibility index (Phi) is 4.19. The first-order valence-corrected chi connectivity index (χ1v) is 8.44.